The lowest BCUT2D eigenvalue weighted by Crippen LogP contribution is -2.17. The Morgan fingerprint density at radius 2 is 1.85 bits per heavy atom. The number of benzene rings is 2. The standard InChI is InChI=1S/C19H15BrClN3O3/c1-11-14(10-22-24(11)13-4-2-12(20)3-5-13)19(25)23-16-9-18-17(8-15(16)21)26-6-7-27-18/h2-5,8-10H,6-7H2,1H3,(H,23,25). The SMILES string of the molecule is Cc1c(C(=O)Nc2cc3c(cc2Cl)OCCO3)cnn1-c1ccc(Br)cc1. The number of hydrogen-bond acceptors (Lipinski definition) is 4. The van der Waals surface area contributed by atoms with Crippen molar-refractivity contribution in [1.29, 1.82) is 0 Å². The molecule has 2 heterocycles. The zero-order valence-corrected chi connectivity index (χ0v) is 16.7. The molecular weight excluding hydrogens is 434 g/mol. The van der Waals surface area contributed by atoms with Crippen LogP contribution < -0.4 is 14.8 Å². The molecule has 4 rings (SSSR count). The van der Waals surface area contributed by atoms with Crippen molar-refractivity contribution < 1.29 is 14.3 Å². The van der Waals surface area contributed by atoms with Crippen molar-refractivity contribution in [1.82, 2.24) is 9.78 Å². The van der Waals surface area contributed by atoms with Crippen molar-refractivity contribution in [3.63, 3.8) is 0 Å². The van der Waals surface area contributed by atoms with Gasteiger partial charge in [-0.1, -0.05) is 27.5 Å². The average molecular weight is 449 g/mol. The molecule has 3 aromatic rings. The van der Waals surface area contributed by atoms with Gasteiger partial charge in [-0.3, -0.25) is 4.79 Å². The van der Waals surface area contributed by atoms with Crippen LogP contribution in [0.3, 0.4) is 0 Å². The molecule has 8 heteroatoms. The second kappa shape index (κ2) is 7.25. The van der Waals surface area contributed by atoms with E-state index in [1.54, 1.807) is 23.0 Å². The van der Waals surface area contributed by atoms with Gasteiger partial charge in [0, 0.05) is 16.6 Å². The molecule has 1 amide bonds. The largest absolute Gasteiger partial charge is 0.486 e. The fourth-order valence-electron chi connectivity index (χ4n) is 2.82. The van der Waals surface area contributed by atoms with E-state index in [2.05, 4.69) is 26.3 Å². The monoisotopic (exact) mass is 447 g/mol. The van der Waals surface area contributed by atoms with E-state index in [4.69, 9.17) is 21.1 Å². The highest BCUT2D eigenvalue weighted by Gasteiger charge is 2.19. The number of amides is 1. The van der Waals surface area contributed by atoms with Gasteiger partial charge in [-0.15, -0.1) is 0 Å². The fourth-order valence-corrected chi connectivity index (χ4v) is 3.29. The maximum Gasteiger partial charge on any atom is 0.259 e. The minimum absolute atomic E-state index is 0.297. The number of anilines is 1. The Hall–Kier alpha value is -2.51. The van der Waals surface area contributed by atoms with Crippen LogP contribution in [0.5, 0.6) is 11.5 Å². The molecule has 27 heavy (non-hydrogen) atoms. The topological polar surface area (TPSA) is 65.4 Å². The predicted molar refractivity (Wildman–Crippen MR) is 106 cm³/mol. The number of rotatable bonds is 3. The lowest BCUT2D eigenvalue weighted by atomic mass is 10.2. The fraction of sp³-hybridized carbons (Fsp3) is 0.158. The Balaban J connectivity index is 1.60. The van der Waals surface area contributed by atoms with Crippen LogP contribution in [-0.2, 0) is 0 Å². The third kappa shape index (κ3) is 3.52. The molecule has 2 aromatic carbocycles. The molecule has 0 saturated heterocycles. The van der Waals surface area contributed by atoms with Gasteiger partial charge >= 0.3 is 0 Å². The number of fused-ring (bicyclic) bond motifs is 1. The molecule has 138 valence electrons. The second-order valence-electron chi connectivity index (χ2n) is 5.96. The van der Waals surface area contributed by atoms with Gasteiger partial charge in [-0.05, 0) is 31.2 Å². The quantitative estimate of drug-likeness (QED) is 0.635. The molecular formula is C19H15BrClN3O3. The summed E-state index contributed by atoms with van der Waals surface area (Å²) in [6, 6.07) is 11.0. The highest BCUT2D eigenvalue weighted by atomic mass is 79.9. The Labute approximate surface area is 169 Å². The molecule has 0 saturated carbocycles. The Morgan fingerprint density at radius 3 is 2.56 bits per heavy atom. The molecule has 0 atom stereocenters. The molecule has 0 fully saturated rings. The maximum atomic E-state index is 12.8. The van der Waals surface area contributed by atoms with E-state index in [1.807, 2.05) is 31.2 Å². The summed E-state index contributed by atoms with van der Waals surface area (Å²) in [7, 11) is 0. The van der Waals surface area contributed by atoms with E-state index in [1.165, 1.54) is 0 Å². The van der Waals surface area contributed by atoms with Gasteiger partial charge in [0.2, 0.25) is 0 Å². The Bertz CT molecular complexity index is 1020. The van der Waals surface area contributed by atoms with Crippen molar-refractivity contribution in [2.24, 2.45) is 0 Å². The number of ether oxygens (including phenoxy) is 2. The van der Waals surface area contributed by atoms with Crippen LogP contribution in [-0.4, -0.2) is 28.9 Å². The number of halogens is 2. The van der Waals surface area contributed by atoms with E-state index in [-0.39, 0.29) is 5.91 Å². The van der Waals surface area contributed by atoms with Crippen molar-refractivity contribution in [3.05, 3.63) is 63.3 Å². The third-order valence-electron chi connectivity index (χ3n) is 4.21. The van der Waals surface area contributed by atoms with E-state index >= 15 is 0 Å². The minimum atomic E-state index is -0.297. The minimum Gasteiger partial charge on any atom is -0.486 e. The van der Waals surface area contributed by atoms with E-state index < -0.39 is 0 Å². The number of aromatic nitrogens is 2. The van der Waals surface area contributed by atoms with Gasteiger partial charge in [-0.2, -0.15) is 5.10 Å². The molecule has 1 aliphatic heterocycles. The van der Waals surface area contributed by atoms with Gasteiger partial charge in [0.25, 0.3) is 5.91 Å². The lowest BCUT2D eigenvalue weighted by molar-refractivity contribution is 0.102. The van der Waals surface area contributed by atoms with Crippen LogP contribution >= 0.6 is 27.5 Å². The number of hydrogen-bond donors (Lipinski definition) is 1. The first-order valence-corrected chi connectivity index (χ1v) is 9.41. The summed E-state index contributed by atoms with van der Waals surface area (Å²) in [4.78, 5) is 12.8. The first-order valence-electron chi connectivity index (χ1n) is 8.24. The van der Waals surface area contributed by atoms with Crippen LogP contribution in [0.25, 0.3) is 5.69 Å². The maximum absolute atomic E-state index is 12.8. The molecule has 1 aliphatic rings. The lowest BCUT2D eigenvalue weighted by Gasteiger charge is -2.20. The summed E-state index contributed by atoms with van der Waals surface area (Å²) in [6.45, 7) is 2.78. The average Bonchev–Trinajstić information content (AvgIpc) is 3.04. The van der Waals surface area contributed by atoms with E-state index in [0.717, 1.165) is 15.9 Å². The Morgan fingerprint density at radius 1 is 1.19 bits per heavy atom. The zero-order valence-electron chi connectivity index (χ0n) is 14.3. The van der Waals surface area contributed by atoms with Gasteiger partial charge in [0.05, 0.1) is 33.9 Å². The molecule has 0 bridgehead atoms. The molecule has 1 N–H and O–H groups in total. The second-order valence-corrected chi connectivity index (χ2v) is 7.28. The molecule has 0 aliphatic carbocycles. The van der Waals surface area contributed by atoms with Crippen molar-refractivity contribution in [2.75, 3.05) is 18.5 Å². The molecule has 0 unspecified atom stereocenters. The molecule has 0 spiro atoms. The molecule has 1 aromatic heterocycles. The first-order chi connectivity index (χ1) is 13.0. The Kier molecular flexibility index (Phi) is 4.80. The summed E-state index contributed by atoms with van der Waals surface area (Å²) in [6.07, 6.45) is 1.54. The van der Waals surface area contributed by atoms with Gasteiger partial charge in [0.1, 0.15) is 13.2 Å². The summed E-state index contributed by atoms with van der Waals surface area (Å²) in [5.41, 5.74) is 2.51. The number of nitrogens with zero attached hydrogens (tertiary/aromatic N) is 2. The normalized spacial score (nSPS) is 12.7. The third-order valence-corrected chi connectivity index (χ3v) is 5.05. The summed E-state index contributed by atoms with van der Waals surface area (Å²) in [5, 5.41) is 7.54. The zero-order chi connectivity index (χ0) is 19.0. The van der Waals surface area contributed by atoms with Gasteiger partial charge < -0.3 is 14.8 Å². The highest BCUT2D eigenvalue weighted by molar-refractivity contribution is 9.10. The first kappa shape index (κ1) is 17.9. The highest BCUT2D eigenvalue weighted by Crippen LogP contribution is 2.38. The summed E-state index contributed by atoms with van der Waals surface area (Å²) < 4.78 is 13.7. The van der Waals surface area contributed by atoms with E-state index in [9.17, 15) is 4.79 Å². The number of nitrogens with one attached hydrogen (secondary N) is 1. The van der Waals surface area contributed by atoms with Crippen molar-refractivity contribution in [3.8, 4) is 17.2 Å². The smallest absolute Gasteiger partial charge is 0.259 e. The van der Waals surface area contributed by atoms with Gasteiger partial charge in [0.15, 0.2) is 11.5 Å². The van der Waals surface area contributed by atoms with Crippen LogP contribution in [0, 0.1) is 6.92 Å². The number of carbonyl (C=O) groups excluding carboxylic acids is 1. The molecule has 6 nitrogen and oxygen atoms in total. The van der Waals surface area contributed by atoms with E-state index in [0.29, 0.717) is 41.0 Å². The van der Waals surface area contributed by atoms with Crippen molar-refractivity contribution >= 4 is 39.1 Å². The van der Waals surface area contributed by atoms with Crippen LogP contribution in [0.2, 0.25) is 5.02 Å². The summed E-state index contributed by atoms with van der Waals surface area (Å²) >= 11 is 9.68. The van der Waals surface area contributed by atoms with Crippen LogP contribution in [0.4, 0.5) is 5.69 Å². The van der Waals surface area contributed by atoms with Crippen LogP contribution in [0.1, 0.15) is 16.1 Å². The van der Waals surface area contributed by atoms with Crippen LogP contribution in [0.15, 0.2) is 47.1 Å². The number of carbonyl (C=O) groups is 1. The van der Waals surface area contributed by atoms with Crippen molar-refractivity contribution in [2.45, 2.75) is 6.92 Å². The van der Waals surface area contributed by atoms with Gasteiger partial charge in [-0.25, -0.2) is 4.68 Å². The summed E-state index contributed by atoms with van der Waals surface area (Å²) in [5.74, 6) is 0.834. The molecule has 0 radical (unpaired) electrons. The predicted octanol–water partition coefficient (Wildman–Crippen LogP) is 4.62.